The SMILES string of the molecule is COC(=O)[C@@]1(C)N[C@@H](c2cccc(F)c2)[C@@]2(C(=O)c3ccc(-c4ccccc4)cc3)C(=O)CC(C)(C)C21. The molecule has 2 aliphatic rings. The van der Waals surface area contributed by atoms with Crippen LogP contribution in [-0.2, 0) is 14.3 Å². The highest BCUT2D eigenvalue weighted by Gasteiger charge is 2.77. The van der Waals surface area contributed by atoms with Gasteiger partial charge in [0.15, 0.2) is 5.78 Å². The summed E-state index contributed by atoms with van der Waals surface area (Å²) in [6.07, 6.45) is 0.117. The molecule has 0 bridgehead atoms. The van der Waals surface area contributed by atoms with Gasteiger partial charge in [-0.25, -0.2) is 4.39 Å². The van der Waals surface area contributed by atoms with Crippen LogP contribution in [0, 0.1) is 22.6 Å². The minimum Gasteiger partial charge on any atom is -0.468 e. The van der Waals surface area contributed by atoms with E-state index < -0.39 is 40.1 Å². The molecular formula is C31H30FNO4. The largest absolute Gasteiger partial charge is 0.468 e. The minimum absolute atomic E-state index is 0.117. The van der Waals surface area contributed by atoms with Crippen molar-refractivity contribution in [2.24, 2.45) is 16.7 Å². The maximum atomic E-state index is 14.6. The van der Waals surface area contributed by atoms with E-state index in [2.05, 4.69) is 5.32 Å². The third-order valence-corrected chi connectivity index (χ3v) is 8.21. The first-order chi connectivity index (χ1) is 17.6. The Labute approximate surface area is 216 Å². The summed E-state index contributed by atoms with van der Waals surface area (Å²) < 4.78 is 19.6. The number of benzene rings is 3. The predicted molar refractivity (Wildman–Crippen MR) is 138 cm³/mol. The molecule has 5 rings (SSSR count). The zero-order valence-corrected chi connectivity index (χ0v) is 21.4. The summed E-state index contributed by atoms with van der Waals surface area (Å²) in [7, 11) is 1.29. The van der Waals surface area contributed by atoms with Gasteiger partial charge < -0.3 is 4.74 Å². The molecule has 3 aromatic carbocycles. The molecule has 5 nitrogen and oxygen atoms in total. The number of carbonyl (C=O) groups excluding carboxylic acids is 3. The second-order valence-electron chi connectivity index (χ2n) is 11.0. The molecule has 0 radical (unpaired) electrons. The van der Waals surface area contributed by atoms with Gasteiger partial charge in [0, 0.05) is 17.9 Å². The topological polar surface area (TPSA) is 72.5 Å². The van der Waals surface area contributed by atoms with Gasteiger partial charge in [0.25, 0.3) is 0 Å². The zero-order valence-electron chi connectivity index (χ0n) is 21.4. The number of Topliss-reactive ketones (excluding diaryl/α,β-unsaturated/α-hetero) is 2. The smallest absolute Gasteiger partial charge is 0.326 e. The van der Waals surface area contributed by atoms with Gasteiger partial charge in [0.05, 0.1) is 13.2 Å². The number of carbonyl (C=O) groups is 3. The highest BCUT2D eigenvalue weighted by atomic mass is 19.1. The van der Waals surface area contributed by atoms with E-state index in [4.69, 9.17) is 4.74 Å². The van der Waals surface area contributed by atoms with Gasteiger partial charge in [-0.05, 0) is 41.2 Å². The number of esters is 1. The fraction of sp³-hybridized carbons (Fsp3) is 0.323. The number of methoxy groups -OCH3 is 1. The summed E-state index contributed by atoms with van der Waals surface area (Å²) in [5.41, 5.74) is -0.903. The first-order valence-electron chi connectivity index (χ1n) is 12.4. The number of hydrogen-bond donors (Lipinski definition) is 1. The Morgan fingerprint density at radius 1 is 0.919 bits per heavy atom. The lowest BCUT2D eigenvalue weighted by Gasteiger charge is -2.39. The van der Waals surface area contributed by atoms with E-state index in [0.717, 1.165) is 11.1 Å². The van der Waals surface area contributed by atoms with E-state index >= 15 is 0 Å². The molecule has 190 valence electrons. The lowest BCUT2D eigenvalue weighted by Crippen LogP contribution is -2.55. The van der Waals surface area contributed by atoms with Crippen molar-refractivity contribution >= 4 is 17.5 Å². The number of rotatable bonds is 5. The van der Waals surface area contributed by atoms with Crippen LogP contribution in [0.25, 0.3) is 11.1 Å². The quantitative estimate of drug-likeness (QED) is 0.283. The van der Waals surface area contributed by atoms with Crippen molar-refractivity contribution in [3.05, 3.63) is 95.8 Å². The first kappa shape index (κ1) is 25.0. The zero-order chi connectivity index (χ0) is 26.6. The average molecular weight is 500 g/mol. The van der Waals surface area contributed by atoms with E-state index in [1.165, 1.54) is 19.2 Å². The van der Waals surface area contributed by atoms with Crippen molar-refractivity contribution in [3.8, 4) is 11.1 Å². The highest BCUT2D eigenvalue weighted by Crippen LogP contribution is 2.66. The van der Waals surface area contributed by atoms with Crippen LogP contribution in [0.5, 0.6) is 0 Å². The van der Waals surface area contributed by atoms with Gasteiger partial charge in [-0.15, -0.1) is 0 Å². The summed E-state index contributed by atoms with van der Waals surface area (Å²) in [4.78, 5) is 41.9. The number of nitrogens with one attached hydrogen (secondary N) is 1. The van der Waals surface area contributed by atoms with E-state index in [0.29, 0.717) is 11.1 Å². The van der Waals surface area contributed by atoms with Crippen LogP contribution >= 0.6 is 0 Å². The summed E-state index contributed by atoms with van der Waals surface area (Å²) in [6.45, 7) is 5.49. The number of fused-ring (bicyclic) bond motifs is 1. The minimum atomic E-state index is -1.62. The second kappa shape index (κ2) is 8.73. The van der Waals surface area contributed by atoms with Crippen molar-refractivity contribution in [1.82, 2.24) is 5.32 Å². The number of ketones is 2. The molecule has 0 amide bonds. The fourth-order valence-corrected chi connectivity index (χ4v) is 6.99. The Bertz CT molecular complexity index is 1380. The molecule has 6 heteroatoms. The second-order valence-corrected chi connectivity index (χ2v) is 11.0. The Kier molecular flexibility index (Phi) is 5.91. The number of hydrogen-bond acceptors (Lipinski definition) is 5. The van der Waals surface area contributed by atoms with Gasteiger partial charge in [-0.1, -0.05) is 80.6 Å². The van der Waals surface area contributed by atoms with Crippen molar-refractivity contribution < 1.29 is 23.5 Å². The van der Waals surface area contributed by atoms with Crippen LogP contribution in [-0.4, -0.2) is 30.2 Å². The standard InChI is InChI=1S/C31H30FNO4/c1-29(2)18-24(34)31(26(35)21-15-13-20(14-16-21)19-9-6-5-7-10-19)25(22-11-8-12-23(32)17-22)33-30(3,27(29)31)28(36)37-4/h5-17,25,27,33H,18H2,1-4H3/t25-,27?,30-,31+/m0/s1. The van der Waals surface area contributed by atoms with Crippen molar-refractivity contribution in [1.29, 1.82) is 0 Å². The molecule has 0 spiro atoms. The third kappa shape index (κ3) is 3.65. The molecular weight excluding hydrogens is 469 g/mol. The summed E-state index contributed by atoms with van der Waals surface area (Å²) in [5.74, 6) is -2.39. The lowest BCUT2D eigenvalue weighted by molar-refractivity contribution is -0.151. The van der Waals surface area contributed by atoms with E-state index in [1.807, 2.05) is 56.3 Å². The maximum Gasteiger partial charge on any atom is 0.326 e. The Hall–Kier alpha value is -3.64. The summed E-state index contributed by atoms with van der Waals surface area (Å²) in [5, 5.41) is 3.30. The van der Waals surface area contributed by atoms with Crippen LogP contribution < -0.4 is 5.32 Å². The molecule has 0 aromatic heterocycles. The van der Waals surface area contributed by atoms with E-state index in [9.17, 15) is 18.8 Å². The monoisotopic (exact) mass is 499 g/mol. The van der Waals surface area contributed by atoms with Crippen molar-refractivity contribution in [3.63, 3.8) is 0 Å². The van der Waals surface area contributed by atoms with Crippen LogP contribution in [0.1, 0.15) is 49.2 Å². The molecule has 37 heavy (non-hydrogen) atoms. The third-order valence-electron chi connectivity index (χ3n) is 8.21. The first-order valence-corrected chi connectivity index (χ1v) is 12.4. The fourth-order valence-electron chi connectivity index (χ4n) is 6.99. The van der Waals surface area contributed by atoms with Gasteiger partial charge >= 0.3 is 5.97 Å². The molecule has 1 aliphatic heterocycles. The Balaban J connectivity index is 1.70. The Morgan fingerprint density at radius 3 is 2.19 bits per heavy atom. The average Bonchev–Trinajstić information content (AvgIpc) is 3.32. The van der Waals surface area contributed by atoms with Gasteiger partial charge in [-0.3, -0.25) is 19.7 Å². The van der Waals surface area contributed by atoms with E-state index in [1.54, 1.807) is 31.2 Å². The molecule has 3 aromatic rings. The number of ether oxygens (including phenoxy) is 1. The van der Waals surface area contributed by atoms with Gasteiger partial charge in [0.1, 0.15) is 22.6 Å². The molecule has 1 aliphatic carbocycles. The molecule has 1 unspecified atom stereocenters. The lowest BCUT2D eigenvalue weighted by atomic mass is 9.59. The van der Waals surface area contributed by atoms with Gasteiger partial charge in [-0.2, -0.15) is 0 Å². The van der Waals surface area contributed by atoms with Crippen LogP contribution in [0.3, 0.4) is 0 Å². The molecule has 1 saturated heterocycles. The number of halogens is 1. The van der Waals surface area contributed by atoms with E-state index in [-0.39, 0.29) is 18.0 Å². The van der Waals surface area contributed by atoms with Gasteiger partial charge in [0.2, 0.25) is 0 Å². The molecule has 2 fully saturated rings. The predicted octanol–water partition coefficient (Wildman–Crippen LogP) is 5.55. The molecule has 1 N–H and O–H groups in total. The molecule has 1 saturated carbocycles. The summed E-state index contributed by atoms with van der Waals surface area (Å²) in [6, 6.07) is 21.9. The highest BCUT2D eigenvalue weighted by molar-refractivity contribution is 6.18. The molecule has 1 heterocycles. The summed E-state index contributed by atoms with van der Waals surface area (Å²) >= 11 is 0. The van der Waals surface area contributed by atoms with Crippen molar-refractivity contribution in [2.45, 2.75) is 38.8 Å². The maximum absolute atomic E-state index is 14.6. The van der Waals surface area contributed by atoms with Crippen LogP contribution in [0.15, 0.2) is 78.9 Å². The van der Waals surface area contributed by atoms with Crippen LogP contribution in [0.4, 0.5) is 4.39 Å². The molecule has 4 atom stereocenters. The normalized spacial score (nSPS) is 28.1. The van der Waals surface area contributed by atoms with Crippen LogP contribution in [0.2, 0.25) is 0 Å². The van der Waals surface area contributed by atoms with Crippen molar-refractivity contribution in [2.75, 3.05) is 7.11 Å². The Morgan fingerprint density at radius 2 is 1.57 bits per heavy atom.